The molecule has 0 saturated carbocycles. The third-order valence-corrected chi connectivity index (χ3v) is 3.67. The summed E-state index contributed by atoms with van der Waals surface area (Å²) in [6.45, 7) is 0. The van der Waals surface area contributed by atoms with E-state index in [0.29, 0.717) is 0 Å². The molecule has 0 unspecified atom stereocenters. The van der Waals surface area contributed by atoms with Crippen LogP contribution in [-0.2, 0) is 0 Å². The molecule has 1 nitrogen and oxygen atoms in total. The van der Waals surface area contributed by atoms with Gasteiger partial charge in [-0.15, -0.1) is 11.8 Å². The first-order chi connectivity index (χ1) is 7.93. The van der Waals surface area contributed by atoms with Crippen LogP contribution in [-0.4, -0.2) is 11.5 Å². The number of hydrogen-bond donors (Lipinski definition) is 0. The van der Waals surface area contributed by atoms with Crippen molar-refractivity contribution in [3.63, 3.8) is 0 Å². The highest BCUT2D eigenvalue weighted by molar-refractivity contribution is 8.00. The van der Waals surface area contributed by atoms with Gasteiger partial charge in [0.05, 0.1) is 11.4 Å². The van der Waals surface area contributed by atoms with Crippen LogP contribution in [0.4, 0.5) is 5.69 Å². The highest BCUT2D eigenvalue weighted by Crippen LogP contribution is 2.34. The van der Waals surface area contributed by atoms with Crippen molar-refractivity contribution >= 4 is 23.2 Å². The molecule has 0 bridgehead atoms. The normalized spacial score (nSPS) is 14.1. The Kier molecular flexibility index (Phi) is 2.50. The molecule has 0 amide bonds. The standard InChI is InChI=1S/C14H11NS/c1-2-6-11(7-3-1)13-10-16-14-9-5-4-8-12(14)15-13/h1-9H,10H2. The number of aliphatic imine (C=N–C) groups is 1. The molecule has 3 rings (SSSR count). The summed E-state index contributed by atoms with van der Waals surface area (Å²) in [5, 5.41) is 0. The fourth-order valence-electron chi connectivity index (χ4n) is 1.77. The Morgan fingerprint density at radius 3 is 2.50 bits per heavy atom. The molecule has 1 heterocycles. The van der Waals surface area contributed by atoms with Crippen LogP contribution in [0.15, 0.2) is 64.5 Å². The van der Waals surface area contributed by atoms with Crippen LogP contribution >= 0.6 is 11.8 Å². The van der Waals surface area contributed by atoms with E-state index in [1.807, 2.05) is 23.9 Å². The topological polar surface area (TPSA) is 12.4 Å². The summed E-state index contributed by atoms with van der Waals surface area (Å²) >= 11 is 1.86. The Morgan fingerprint density at radius 2 is 1.62 bits per heavy atom. The number of rotatable bonds is 1. The minimum atomic E-state index is 0.959. The fraction of sp³-hybridized carbons (Fsp3) is 0.0714. The van der Waals surface area contributed by atoms with E-state index in [-0.39, 0.29) is 0 Å². The van der Waals surface area contributed by atoms with Crippen LogP contribution in [0.5, 0.6) is 0 Å². The molecule has 2 aromatic carbocycles. The van der Waals surface area contributed by atoms with Crippen molar-refractivity contribution in [2.75, 3.05) is 5.75 Å². The predicted molar refractivity (Wildman–Crippen MR) is 69.8 cm³/mol. The van der Waals surface area contributed by atoms with Crippen LogP contribution in [0.1, 0.15) is 5.56 Å². The number of hydrogen-bond acceptors (Lipinski definition) is 2. The van der Waals surface area contributed by atoms with E-state index in [1.165, 1.54) is 16.2 Å². The van der Waals surface area contributed by atoms with Crippen molar-refractivity contribution < 1.29 is 0 Å². The Labute approximate surface area is 99.2 Å². The number of para-hydroxylation sites is 1. The SMILES string of the molecule is c1ccc(C2=Nc3ccccc3SC2)cc1. The second-order valence-electron chi connectivity index (χ2n) is 3.68. The van der Waals surface area contributed by atoms with E-state index < -0.39 is 0 Å². The molecule has 0 atom stereocenters. The molecule has 1 aliphatic heterocycles. The molecule has 0 spiro atoms. The first-order valence-corrected chi connectivity index (χ1v) is 6.27. The maximum absolute atomic E-state index is 4.71. The van der Waals surface area contributed by atoms with Gasteiger partial charge in [0.2, 0.25) is 0 Å². The summed E-state index contributed by atoms with van der Waals surface area (Å²) in [7, 11) is 0. The van der Waals surface area contributed by atoms with Crippen LogP contribution in [0.2, 0.25) is 0 Å². The van der Waals surface area contributed by atoms with Gasteiger partial charge in [-0.3, -0.25) is 4.99 Å². The molecule has 16 heavy (non-hydrogen) atoms. The van der Waals surface area contributed by atoms with E-state index >= 15 is 0 Å². The first-order valence-electron chi connectivity index (χ1n) is 5.28. The quantitative estimate of drug-likeness (QED) is 0.716. The number of fused-ring (bicyclic) bond motifs is 1. The van der Waals surface area contributed by atoms with E-state index in [2.05, 4.69) is 42.5 Å². The zero-order chi connectivity index (χ0) is 10.8. The van der Waals surface area contributed by atoms with Gasteiger partial charge in [-0.25, -0.2) is 0 Å². The van der Waals surface area contributed by atoms with Gasteiger partial charge < -0.3 is 0 Å². The first kappa shape index (κ1) is 9.67. The summed E-state index contributed by atoms with van der Waals surface area (Å²) < 4.78 is 0. The molecule has 2 aromatic rings. The Bertz CT molecular complexity index is 531. The molecular weight excluding hydrogens is 214 g/mol. The lowest BCUT2D eigenvalue weighted by atomic mass is 10.1. The number of nitrogens with zero attached hydrogens (tertiary/aromatic N) is 1. The van der Waals surface area contributed by atoms with Crippen LogP contribution in [0.25, 0.3) is 0 Å². The van der Waals surface area contributed by atoms with Gasteiger partial charge in [0.1, 0.15) is 0 Å². The molecule has 0 radical (unpaired) electrons. The zero-order valence-corrected chi connectivity index (χ0v) is 9.58. The maximum Gasteiger partial charge on any atom is 0.0769 e. The molecule has 78 valence electrons. The van der Waals surface area contributed by atoms with E-state index in [0.717, 1.165) is 11.4 Å². The second kappa shape index (κ2) is 4.14. The summed E-state index contributed by atoms with van der Waals surface area (Å²) in [4.78, 5) is 5.99. The summed E-state index contributed by atoms with van der Waals surface area (Å²) in [5.41, 5.74) is 3.49. The molecule has 0 aromatic heterocycles. The smallest absolute Gasteiger partial charge is 0.0769 e. The molecule has 0 saturated heterocycles. The number of benzene rings is 2. The monoisotopic (exact) mass is 225 g/mol. The van der Waals surface area contributed by atoms with Crippen molar-refractivity contribution in [2.45, 2.75) is 4.90 Å². The van der Waals surface area contributed by atoms with E-state index in [4.69, 9.17) is 4.99 Å². The van der Waals surface area contributed by atoms with Crippen LogP contribution in [0, 0.1) is 0 Å². The predicted octanol–water partition coefficient (Wildman–Crippen LogP) is 3.91. The van der Waals surface area contributed by atoms with Gasteiger partial charge in [-0.1, -0.05) is 42.5 Å². The lowest BCUT2D eigenvalue weighted by molar-refractivity contribution is 1.34. The molecule has 0 fully saturated rings. The van der Waals surface area contributed by atoms with Crippen molar-refractivity contribution in [1.82, 2.24) is 0 Å². The van der Waals surface area contributed by atoms with Gasteiger partial charge in [-0.2, -0.15) is 0 Å². The largest absolute Gasteiger partial charge is 0.251 e. The Morgan fingerprint density at radius 1 is 0.875 bits per heavy atom. The van der Waals surface area contributed by atoms with Crippen molar-refractivity contribution in [3.05, 3.63) is 60.2 Å². The molecule has 1 aliphatic rings. The summed E-state index contributed by atoms with van der Waals surface area (Å²) in [6.07, 6.45) is 0. The van der Waals surface area contributed by atoms with Crippen molar-refractivity contribution in [3.8, 4) is 0 Å². The Balaban J connectivity index is 2.04. The van der Waals surface area contributed by atoms with Crippen LogP contribution < -0.4 is 0 Å². The van der Waals surface area contributed by atoms with Gasteiger partial charge in [0.25, 0.3) is 0 Å². The summed E-state index contributed by atoms with van der Waals surface area (Å²) in [5.74, 6) is 0.959. The third-order valence-electron chi connectivity index (χ3n) is 2.59. The van der Waals surface area contributed by atoms with E-state index in [1.54, 1.807) is 0 Å². The molecule has 0 aliphatic carbocycles. The average molecular weight is 225 g/mol. The Hall–Kier alpha value is -1.54. The van der Waals surface area contributed by atoms with Gasteiger partial charge in [0, 0.05) is 10.6 Å². The maximum atomic E-state index is 4.71. The second-order valence-corrected chi connectivity index (χ2v) is 4.70. The third kappa shape index (κ3) is 1.76. The minimum Gasteiger partial charge on any atom is -0.251 e. The lowest BCUT2D eigenvalue weighted by Gasteiger charge is -2.14. The van der Waals surface area contributed by atoms with Crippen molar-refractivity contribution in [2.24, 2.45) is 4.99 Å². The molecule has 0 N–H and O–H groups in total. The highest BCUT2D eigenvalue weighted by Gasteiger charge is 2.12. The fourth-order valence-corrected chi connectivity index (χ4v) is 2.73. The molecule has 2 heteroatoms. The highest BCUT2D eigenvalue weighted by atomic mass is 32.2. The zero-order valence-electron chi connectivity index (χ0n) is 8.76. The van der Waals surface area contributed by atoms with E-state index in [9.17, 15) is 0 Å². The van der Waals surface area contributed by atoms with Gasteiger partial charge in [0.15, 0.2) is 0 Å². The minimum absolute atomic E-state index is 0.959. The lowest BCUT2D eigenvalue weighted by Crippen LogP contribution is -2.06. The van der Waals surface area contributed by atoms with Crippen molar-refractivity contribution in [1.29, 1.82) is 0 Å². The number of thioether (sulfide) groups is 1. The molecular formula is C14H11NS. The van der Waals surface area contributed by atoms with Crippen LogP contribution in [0.3, 0.4) is 0 Å². The summed E-state index contributed by atoms with van der Waals surface area (Å²) in [6, 6.07) is 18.7. The van der Waals surface area contributed by atoms with Gasteiger partial charge >= 0.3 is 0 Å². The average Bonchev–Trinajstić information content (AvgIpc) is 2.39. The van der Waals surface area contributed by atoms with Gasteiger partial charge in [-0.05, 0) is 17.7 Å².